The fraction of sp³-hybridized carbons (Fsp3) is 0.241. The van der Waals surface area contributed by atoms with Gasteiger partial charge < -0.3 is 19.5 Å². The van der Waals surface area contributed by atoms with Gasteiger partial charge in [-0.3, -0.25) is 19.0 Å². The molecule has 0 bridgehead atoms. The summed E-state index contributed by atoms with van der Waals surface area (Å²) in [4.78, 5) is 30.2. The molecule has 0 radical (unpaired) electrons. The van der Waals surface area contributed by atoms with E-state index in [9.17, 15) is 22.8 Å². The third-order valence-electron chi connectivity index (χ3n) is 6.74. The first kappa shape index (κ1) is 30.3. The van der Waals surface area contributed by atoms with Gasteiger partial charge in [-0.05, 0) is 47.5 Å². The van der Waals surface area contributed by atoms with Crippen molar-refractivity contribution < 1.29 is 36.6 Å². The molecule has 0 saturated heterocycles. The smallest absolute Gasteiger partial charge is 0.416 e. The average molecular weight is 615 g/mol. The van der Waals surface area contributed by atoms with Crippen molar-refractivity contribution in [1.82, 2.24) is 24.3 Å². The zero-order chi connectivity index (χ0) is 31.6. The fourth-order valence-corrected chi connectivity index (χ4v) is 4.80. The first-order chi connectivity index (χ1) is 21.0. The predicted molar refractivity (Wildman–Crippen MR) is 151 cm³/mol. The van der Waals surface area contributed by atoms with Crippen LogP contribution in [0.1, 0.15) is 17.0 Å². The van der Waals surface area contributed by atoms with E-state index in [1.54, 1.807) is 24.3 Å². The van der Waals surface area contributed by atoms with Crippen molar-refractivity contribution in [2.45, 2.75) is 25.9 Å². The predicted octanol–water partition coefficient (Wildman–Crippen LogP) is 4.66. The van der Waals surface area contributed by atoms with E-state index in [0.717, 1.165) is 32.9 Å². The summed E-state index contributed by atoms with van der Waals surface area (Å²) >= 11 is 0. The van der Waals surface area contributed by atoms with Crippen LogP contribution < -0.4 is 20.5 Å². The monoisotopic (exact) mass is 614 g/mol. The first-order valence-corrected chi connectivity index (χ1v) is 13.0. The van der Waals surface area contributed by atoms with Gasteiger partial charge in [0.2, 0.25) is 5.91 Å². The van der Waals surface area contributed by atoms with E-state index in [-0.39, 0.29) is 40.3 Å². The molecule has 1 amide bonds. The SMILES string of the molecule is COCc1cccc(NC(=O)Cn2c(=O)n(C)c3c(-c4cc(F)c(OCc5ncn[nH]5)c(OC)c4)cc(C(F)(F)F)cc32)c1. The number of aromatic nitrogens is 5. The van der Waals surface area contributed by atoms with Crippen LogP contribution in [0.15, 0.2) is 59.7 Å². The van der Waals surface area contributed by atoms with Gasteiger partial charge >= 0.3 is 11.9 Å². The number of ether oxygens (including phenoxy) is 3. The summed E-state index contributed by atoms with van der Waals surface area (Å²) < 4.78 is 75.6. The third-order valence-corrected chi connectivity index (χ3v) is 6.74. The van der Waals surface area contributed by atoms with E-state index >= 15 is 4.39 Å². The summed E-state index contributed by atoms with van der Waals surface area (Å²) in [5, 5.41) is 8.91. The van der Waals surface area contributed by atoms with Gasteiger partial charge in [-0.15, -0.1) is 0 Å². The van der Waals surface area contributed by atoms with Gasteiger partial charge in [0.05, 0.1) is 30.3 Å². The van der Waals surface area contributed by atoms with Gasteiger partial charge in [-0.25, -0.2) is 14.2 Å². The molecule has 230 valence electrons. The molecule has 11 nitrogen and oxygen atoms in total. The van der Waals surface area contributed by atoms with Gasteiger partial charge in [0.15, 0.2) is 23.1 Å². The molecule has 0 fully saturated rings. The lowest BCUT2D eigenvalue weighted by atomic mass is 9.99. The Balaban J connectivity index is 1.58. The minimum absolute atomic E-state index is 0.0189. The highest BCUT2D eigenvalue weighted by atomic mass is 19.4. The summed E-state index contributed by atoms with van der Waals surface area (Å²) in [6.07, 6.45) is -3.58. The van der Waals surface area contributed by atoms with Crippen molar-refractivity contribution in [3.8, 4) is 22.6 Å². The van der Waals surface area contributed by atoms with Gasteiger partial charge in [0, 0.05) is 25.4 Å². The molecule has 5 rings (SSSR count). The van der Waals surface area contributed by atoms with E-state index < -0.39 is 35.7 Å². The molecule has 2 heterocycles. The number of nitrogens with zero attached hydrogens (tertiary/aromatic N) is 4. The summed E-state index contributed by atoms with van der Waals surface area (Å²) in [7, 11) is 4.12. The zero-order valence-corrected chi connectivity index (χ0v) is 23.7. The van der Waals surface area contributed by atoms with Crippen molar-refractivity contribution in [3.05, 3.63) is 88.1 Å². The number of halogens is 4. The van der Waals surface area contributed by atoms with E-state index in [2.05, 4.69) is 20.5 Å². The second-order valence-electron chi connectivity index (χ2n) is 9.71. The number of anilines is 1. The van der Waals surface area contributed by atoms with Crippen LogP contribution in [0.25, 0.3) is 22.2 Å². The number of aromatic amines is 1. The minimum Gasteiger partial charge on any atom is -0.493 e. The minimum atomic E-state index is -4.83. The third kappa shape index (κ3) is 6.13. The van der Waals surface area contributed by atoms with Gasteiger partial charge in [0.25, 0.3) is 0 Å². The number of carbonyl (C=O) groups is 1. The van der Waals surface area contributed by atoms with Crippen LogP contribution >= 0.6 is 0 Å². The number of rotatable bonds is 10. The Bertz CT molecular complexity index is 1880. The molecule has 2 aromatic heterocycles. The number of imidazole rings is 1. The highest BCUT2D eigenvalue weighted by Gasteiger charge is 2.33. The standard InChI is InChI=1S/C29H26F4N6O5/c1-38-26-20(17-8-21(30)27(23(9-17)43-3)44-14-24-34-15-35-37-24)10-18(29(31,32)33)11-22(26)39(28(38)41)12-25(40)36-19-6-4-5-16(7-19)13-42-2/h4-11,15H,12-14H2,1-3H3,(H,36,40)(H,34,35,37). The van der Waals surface area contributed by atoms with Crippen LogP contribution in [0, 0.1) is 5.82 Å². The maximum Gasteiger partial charge on any atom is 0.416 e. The highest BCUT2D eigenvalue weighted by molar-refractivity contribution is 5.96. The normalized spacial score (nSPS) is 11.6. The quantitative estimate of drug-likeness (QED) is 0.219. The van der Waals surface area contributed by atoms with Crippen LogP contribution in [-0.4, -0.2) is 44.4 Å². The van der Waals surface area contributed by atoms with E-state index in [0.29, 0.717) is 18.1 Å². The Hall–Kier alpha value is -5.18. The lowest BCUT2D eigenvalue weighted by Gasteiger charge is -2.15. The Morgan fingerprint density at radius 3 is 2.57 bits per heavy atom. The van der Waals surface area contributed by atoms with Gasteiger partial charge in [-0.2, -0.15) is 18.3 Å². The largest absolute Gasteiger partial charge is 0.493 e. The van der Waals surface area contributed by atoms with Crippen molar-refractivity contribution >= 4 is 22.6 Å². The summed E-state index contributed by atoms with van der Waals surface area (Å²) in [6.45, 7) is -0.469. The number of alkyl halides is 3. The van der Waals surface area contributed by atoms with Gasteiger partial charge in [-0.1, -0.05) is 12.1 Å². The molecule has 15 heteroatoms. The second kappa shape index (κ2) is 12.2. The van der Waals surface area contributed by atoms with E-state index in [4.69, 9.17) is 14.2 Å². The molecular formula is C29H26F4N6O5. The summed E-state index contributed by atoms with van der Waals surface area (Å²) in [5.41, 5.74) is -0.896. The summed E-state index contributed by atoms with van der Waals surface area (Å²) in [5.74, 6) is -1.67. The molecule has 44 heavy (non-hydrogen) atoms. The fourth-order valence-electron chi connectivity index (χ4n) is 4.80. The zero-order valence-electron chi connectivity index (χ0n) is 23.7. The van der Waals surface area contributed by atoms with Crippen LogP contribution in [0.5, 0.6) is 11.5 Å². The van der Waals surface area contributed by atoms with E-state index in [1.807, 2.05) is 0 Å². The van der Waals surface area contributed by atoms with Gasteiger partial charge in [0.1, 0.15) is 19.5 Å². The van der Waals surface area contributed by atoms with Crippen molar-refractivity contribution in [1.29, 1.82) is 0 Å². The van der Waals surface area contributed by atoms with Crippen LogP contribution in [0.2, 0.25) is 0 Å². The first-order valence-electron chi connectivity index (χ1n) is 13.0. The van der Waals surface area contributed by atoms with E-state index in [1.165, 1.54) is 33.7 Å². The number of aryl methyl sites for hydroxylation is 1. The lowest BCUT2D eigenvalue weighted by Crippen LogP contribution is -2.28. The number of H-pyrrole nitrogens is 1. The molecule has 5 aromatic rings. The Kier molecular flexibility index (Phi) is 8.40. The molecular weight excluding hydrogens is 588 g/mol. The summed E-state index contributed by atoms with van der Waals surface area (Å²) in [6, 6.07) is 10.7. The molecule has 0 saturated carbocycles. The van der Waals surface area contributed by atoms with Crippen molar-refractivity contribution in [2.75, 3.05) is 19.5 Å². The number of hydrogen-bond acceptors (Lipinski definition) is 7. The molecule has 0 aliphatic rings. The Morgan fingerprint density at radius 2 is 1.89 bits per heavy atom. The maximum absolute atomic E-state index is 15.4. The Morgan fingerprint density at radius 1 is 1.09 bits per heavy atom. The maximum atomic E-state index is 15.4. The molecule has 3 aromatic carbocycles. The molecule has 2 N–H and O–H groups in total. The van der Waals surface area contributed by atoms with Crippen LogP contribution in [0.4, 0.5) is 23.2 Å². The van der Waals surface area contributed by atoms with Crippen LogP contribution in [0.3, 0.4) is 0 Å². The number of hydrogen-bond donors (Lipinski definition) is 2. The number of amides is 1. The number of fused-ring (bicyclic) bond motifs is 1. The number of benzene rings is 3. The highest BCUT2D eigenvalue weighted by Crippen LogP contribution is 2.41. The topological polar surface area (TPSA) is 125 Å². The number of methoxy groups -OCH3 is 2. The van der Waals surface area contributed by atoms with Crippen molar-refractivity contribution in [2.24, 2.45) is 7.05 Å². The molecule has 0 atom stereocenters. The molecule has 0 spiro atoms. The Labute approximate surface area is 247 Å². The number of carbonyl (C=O) groups excluding carboxylic acids is 1. The molecule has 0 aliphatic carbocycles. The average Bonchev–Trinajstić information content (AvgIpc) is 3.58. The second-order valence-corrected chi connectivity index (χ2v) is 9.71. The number of nitrogens with one attached hydrogen (secondary N) is 2. The lowest BCUT2D eigenvalue weighted by molar-refractivity contribution is -0.137. The van der Waals surface area contributed by atoms with Crippen LogP contribution in [-0.2, 0) is 42.5 Å². The van der Waals surface area contributed by atoms with Crippen molar-refractivity contribution in [3.63, 3.8) is 0 Å². The molecule has 0 aliphatic heterocycles. The molecule has 0 unspecified atom stereocenters.